The molecule has 0 radical (unpaired) electrons. The predicted molar refractivity (Wildman–Crippen MR) is 141 cm³/mol. The van der Waals surface area contributed by atoms with Gasteiger partial charge in [-0.1, -0.05) is 23.4 Å². The lowest BCUT2D eigenvalue weighted by atomic mass is 9.95. The summed E-state index contributed by atoms with van der Waals surface area (Å²) in [6.45, 7) is 2.02. The second kappa shape index (κ2) is 9.99. The number of rotatable bonds is 6. The molecule has 0 amide bonds. The molecule has 6 heteroatoms. The summed E-state index contributed by atoms with van der Waals surface area (Å²) >= 11 is 0. The summed E-state index contributed by atoms with van der Waals surface area (Å²) < 4.78 is 12.7. The molecule has 4 aromatic rings. The van der Waals surface area contributed by atoms with E-state index in [1.165, 1.54) is 11.1 Å². The summed E-state index contributed by atoms with van der Waals surface area (Å²) in [5.41, 5.74) is 7.68. The monoisotopic (exact) mass is 479 g/mol. The molecule has 0 atom stereocenters. The molecule has 1 saturated heterocycles. The van der Waals surface area contributed by atoms with Gasteiger partial charge in [0.2, 0.25) is 0 Å². The Morgan fingerprint density at radius 3 is 2.44 bits per heavy atom. The molecule has 6 rings (SSSR count). The summed E-state index contributed by atoms with van der Waals surface area (Å²) in [6, 6.07) is 20.7. The van der Waals surface area contributed by atoms with Crippen LogP contribution in [-0.2, 0) is 11.3 Å². The van der Waals surface area contributed by atoms with Crippen molar-refractivity contribution in [3.63, 3.8) is 0 Å². The number of benzene rings is 2. The van der Waals surface area contributed by atoms with Crippen LogP contribution in [-0.4, -0.2) is 37.0 Å². The highest BCUT2D eigenvalue weighted by atomic mass is 16.6. The lowest BCUT2D eigenvalue weighted by Crippen LogP contribution is -2.34. The minimum atomic E-state index is 0.275. The van der Waals surface area contributed by atoms with Crippen LogP contribution in [0.25, 0.3) is 33.8 Å². The lowest BCUT2D eigenvalue weighted by Gasteiger charge is -2.23. The van der Waals surface area contributed by atoms with E-state index in [0.29, 0.717) is 0 Å². The smallest absolute Gasteiger partial charge is 0.142 e. The predicted octanol–water partition coefficient (Wildman–Crippen LogP) is 6.10. The molecule has 1 fully saturated rings. The summed E-state index contributed by atoms with van der Waals surface area (Å²) in [5, 5.41) is 7.63. The number of furan rings is 1. The molecule has 1 N–H and O–H groups in total. The van der Waals surface area contributed by atoms with Gasteiger partial charge in [-0.3, -0.25) is 4.98 Å². The number of piperidine rings is 1. The van der Waals surface area contributed by atoms with Crippen LogP contribution in [0.3, 0.4) is 0 Å². The Morgan fingerprint density at radius 2 is 1.67 bits per heavy atom. The van der Waals surface area contributed by atoms with Crippen molar-refractivity contribution in [2.45, 2.75) is 31.8 Å². The van der Waals surface area contributed by atoms with Crippen molar-refractivity contribution in [3.8, 4) is 39.5 Å². The number of hydrogen-bond acceptors (Lipinski definition) is 6. The molecule has 2 aliphatic rings. The zero-order chi connectivity index (χ0) is 24.3. The van der Waals surface area contributed by atoms with Crippen molar-refractivity contribution < 1.29 is 14.0 Å². The maximum Gasteiger partial charge on any atom is 0.142 e. The normalized spacial score (nSPS) is 16.8. The van der Waals surface area contributed by atoms with E-state index in [9.17, 15) is 0 Å². The fraction of sp³-hybridized carbons (Fsp3) is 0.267. The molecule has 2 aromatic heterocycles. The number of fused-ring (bicyclic) bond motifs is 1. The fourth-order valence-electron chi connectivity index (χ4n) is 5.22. The standard InChI is InChI=1S/C30H29N3O3/c1-34-33-28-10-9-25-24(3-2-4-26(25)28)27-19-29(36-30(27)21-11-15-31-16-12-21)20-5-7-22(8-6-20)35-23-13-17-32-18-14-23/h2-8,11-12,15-16,19,23,32H,9-10,13-14,17-18H2,1H3/b33-28+. The molecule has 1 aliphatic carbocycles. The third-order valence-corrected chi connectivity index (χ3v) is 6.99. The Balaban J connectivity index is 1.38. The first-order valence-electron chi connectivity index (χ1n) is 12.5. The number of nitrogens with one attached hydrogen (secondary N) is 1. The summed E-state index contributed by atoms with van der Waals surface area (Å²) in [5.74, 6) is 2.57. The average molecular weight is 480 g/mol. The van der Waals surface area contributed by atoms with Gasteiger partial charge >= 0.3 is 0 Å². The number of ether oxygens (including phenoxy) is 1. The Kier molecular flexibility index (Phi) is 6.26. The maximum absolute atomic E-state index is 6.53. The number of hydrogen-bond donors (Lipinski definition) is 1. The van der Waals surface area contributed by atoms with Gasteiger partial charge in [-0.2, -0.15) is 0 Å². The Hall–Kier alpha value is -3.90. The SMILES string of the molecule is CO/N=C1\CCc2c1cccc2-c1cc(-c2ccc(OC3CCNCC3)cc2)oc1-c1ccncc1. The molecule has 3 heterocycles. The molecule has 0 unspecified atom stereocenters. The number of oxime groups is 1. The first-order chi connectivity index (χ1) is 17.8. The molecule has 0 saturated carbocycles. The highest BCUT2D eigenvalue weighted by Gasteiger charge is 2.25. The zero-order valence-corrected chi connectivity index (χ0v) is 20.4. The van der Waals surface area contributed by atoms with Gasteiger partial charge in [0.05, 0.1) is 5.71 Å². The van der Waals surface area contributed by atoms with E-state index in [1.54, 1.807) is 19.5 Å². The lowest BCUT2D eigenvalue weighted by molar-refractivity contribution is 0.162. The summed E-state index contributed by atoms with van der Waals surface area (Å²) in [7, 11) is 1.60. The van der Waals surface area contributed by atoms with Crippen molar-refractivity contribution >= 4 is 5.71 Å². The van der Waals surface area contributed by atoms with Gasteiger partial charge in [0.1, 0.15) is 30.5 Å². The topological polar surface area (TPSA) is 68.9 Å². The van der Waals surface area contributed by atoms with Gasteiger partial charge in [-0.25, -0.2) is 0 Å². The Bertz CT molecular complexity index is 1370. The zero-order valence-electron chi connectivity index (χ0n) is 20.4. The van der Waals surface area contributed by atoms with Gasteiger partial charge in [0.25, 0.3) is 0 Å². The molecule has 2 aromatic carbocycles. The molecule has 36 heavy (non-hydrogen) atoms. The second-order valence-corrected chi connectivity index (χ2v) is 9.23. The van der Waals surface area contributed by atoms with Crippen molar-refractivity contribution in [3.05, 3.63) is 84.2 Å². The minimum absolute atomic E-state index is 0.275. The Labute approximate surface area is 211 Å². The first-order valence-corrected chi connectivity index (χ1v) is 12.5. The van der Waals surface area contributed by atoms with Crippen LogP contribution in [0, 0.1) is 0 Å². The third-order valence-electron chi connectivity index (χ3n) is 6.99. The van der Waals surface area contributed by atoms with Gasteiger partial charge < -0.3 is 19.3 Å². The molecule has 182 valence electrons. The van der Waals surface area contributed by atoms with E-state index < -0.39 is 0 Å². The van der Waals surface area contributed by atoms with Crippen LogP contribution in [0.2, 0.25) is 0 Å². The highest BCUT2D eigenvalue weighted by Crippen LogP contribution is 2.42. The van der Waals surface area contributed by atoms with Crippen molar-refractivity contribution in [2.24, 2.45) is 5.16 Å². The maximum atomic E-state index is 6.53. The summed E-state index contributed by atoms with van der Waals surface area (Å²) in [4.78, 5) is 9.28. The fourth-order valence-corrected chi connectivity index (χ4v) is 5.22. The van der Waals surface area contributed by atoms with Crippen LogP contribution in [0.5, 0.6) is 5.75 Å². The first kappa shape index (κ1) is 22.6. The van der Waals surface area contributed by atoms with Crippen molar-refractivity contribution in [2.75, 3.05) is 20.2 Å². The van der Waals surface area contributed by atoms with Crippen molar-refractivity contribution in [1.29, 1.82) is 0 Å². The van der Waals surface area contributed by atoms with E-state index in [4.69, 9.17) is 14.0 Å². The van der Waals surface area contributed by atoms with E-state index in [-0.39, 0.29) is 6.10 Å². The van der Waals surface area contributed by atoms with E-state index >= 15 is 0 Å². The van der Waals surface area contributed by atoms with Gasteiger partial charge in [-0.05, 0) is 92.4 Å². The van der Waals surface area contributed by atoms with Gasteiger partial charge in [-0.15, -0.1) is 0 Å². The molecule has 0 bridgehead atoms. The van der Waals surface area contributed by atoms with Crippen LogP contribution in [0.1, 0.15) is 30.4 Å². The van der Waals surface area contributed by atoms with E-state index in [1.807, 2.05) is 24.3 Å². The largest absolute Gasteiger partial charge is 0.490 e. The van der Waals surface area contributed by atoms with Gasteiger partial charge in [0.15, 0.2) is 0 Å². The molecule has 1 aliphatic heterocycles. The van der Waals surface area contributed by atoms with Crippen LogP contribution < -0.4 is 10.1 Å². The highest BCUT2D eigenvalue weighted by molar-refractivity contribution is 6.06. The van der Waals surface area contributed by atoms with Crippen molar-refractivity contribution in [1.82, 2.24) is 10.3 Å². The van der Waals surface area contributed by atoms with Crippen LogP contribution in [0.4, 0.5) is 0 Å². The number of aromatic nitrogens is 1. The minimum Gasteiger partial charge on any atom is -0.490 e. The van der Waals surface area contributed by atoms with Crippen LogP contribution >= 0.6 is 0 Å². The number of nitrogens with zero attached hydrogens (tertiary/aromatic N) is 2. The molecular formula is C30H29N3O3. The number of pyridine rings is 1. The van der Waals surface area contributed by atoms with E-state index in [2.05, 4.69) is 51.9 Å². The quantitative estimate of drug-likeness (QED) is 0.338. The Morgan fingerprint density at radius 1 is 0.889 bits per heavy atom. The molecular weight excluding hydrogens is 450 g/mol. The third kappa shape index (κ3) is 4.40. The van der Waals surface area contributed by atoms with Crippen LogP contribution in [0.15, 0.2) is 82.6 Å². The van der Waals surface area contributed by atoms with Gasteiger partial charge in [0, 0.05) is 34.6 Å². The molecule has 0 spiro atoms. The summed E-state index contributed by atoms with van der Waals surface area (Å²) in [6.07, 6.45) is 7.74. The average Bonchev–Trinajstić information content (AvgIpc) is 3.56. The second-order valence-electron chi connectivity index (χ2n) is 9.23. The molecule has 6 nitrogen and oxygen atoms in total. The van der Waals surface area contributed by atoms with E-state index in [0.717, 1.165) is 84.0 Å².